The Balaban J connectivity index is 1.96. The number of rotatable bonds is 1. The normalized spacial score (nSPS) is 28.4. The summed E-state index contributed by atoms with van der Waals surface area (Å²) in [4.78, 5) is 2.55. The molecule has 0 aromatic heterocycles. The molecule has 0 spiro atoms. The van der Waals surface area contributed by atoms with Crippen molar-refractivity contribution in [2.75, 3.05) is 20.7 Å². The van der Waals surface area contributed by atoms with Crippen LogP contribution >= 0.6 is 0 Å². The van der Waals surface area contributed by atoms with E-state index in [4.69, 9.17) is 4.74 Å². The highest BCUT2D eigenvalue weighted by molar-refractivity contribution is 5.43. The molecule has 3 rings (SSSR count). The highest BCUT2D eigenvalue weighted by atomic mass is 16.5. The molecule has 2 nitrogen and oxygen atoms in total. The largest absolute Gasteiger partial charge is 0.496 e. The van der Waals surface area contributed by atoms with Gasteiger partial charge in [0.15, 0.2) is 0 Å². The lowest BCUT2D eigenvalue weighted by molar-refractivity contribution is 0.111. The first-order valence-corrected chi connectivity index (χ1v) is 6.64. The Morgan fingerprint density at radius 3 is 3.00 bits per heavy atom. The number of hydrogen-bond donors (Lipinski definition) is 0. The van der Waals surface area contributed by atoms with Crippen LogP contribution in [0.4, 0.5) is 0 Å². The molecule has 0 bridgehead atoms. The molecule has 1 aliphatic heterocycles. The van der Waals surface area contributed by atoms with Crippen LogP contribution in [0.5, 0.6) is 5.75 Å². The third-order valence-electron chi connectivity index (χ3n) is 4.54. The standard InChI is InChI=1S/C15H21NO/c1-16-8-4-6-12-9-11-5-3-7-15(17-2)13(11)10-14(12)16/h3,5,7,12,14H,4,6,8-10H2,1-2H3/t12-,14-/m0/s1. The van der Waals surface area contributed by atoms with Gasteiger partial charge in [0.05, 0.1) is 7.11 Å². The Labute approximate surface area is 104 Å². The van der Waals surface area contributed by atoms with Gasteiger partial charge in [0, 0.05) is 6.04 Å². The molecular formula is C15H21NO. The van der Waals surface area contributed by atoms with Crippen molar-refractivity contribution < 1.29 is 4.74 Å². The number of nitrogens with zero attached hydrogens (tertiary/aromatic N) is 1. The molecule has 1 saturated heterocycles. The minimum Gasteiger partial charge on any atom is -0.496 e. The van der Waals surface area contributed by atoms with E-state index in [1.165, 1.54) is 43.4 Å². The summed E-state index contributed by atoms with van der Waals surface area (Å²) < 4.78 is 5.51. The van der Waals surface area contributed by atoms with Gasteiger partial charge in [-0.25, -0.2) is 0 Å². The molecule has 2 aliphatic rings. The van der Waals surface area contributed by atoms with E-state index in [1.54, 1.807) is 7.11 Å². The lowest BCUT2D eigenvalue weighted by Gasteiger charge is -2.43. The molecule has 0 N–H and O–H groups in total. The summed E-state index contributed by atoms with van der Waals surface area (Å²) in [5.74, 6) is 1.94. The van der Waals surface area contributed by atoms with Gasteiger partial charge in [-0.05, 0) is 62.4 Å². The average molecular weight is 231 g/mol. The van der Waals surface area contributed by atoms with Crippen molar-refractivity contribution in [3.8, 4) is 5.75 Å². The van der Waals surface area contributed by atoms with E-state index in [1.807, 2.05) is 0 Å². The summed E-state index contributed by atoms with van der Waals surface area (Å²) in [6.07, 6.45) is 5.16. The Kier molecular flexibility index (Phi) is 2.83. The molecule has 2 heteroatoms. The molecule has 0 saturated carbocycles. The predicted molar refractivity (Wildman–Crippen MR) is 69.5 cm³/mol. The van der Waals surface area contributed by atoms with E-state index < -0.39 is 0 Å². The van der Waals surface area contributed by atoms with Crippen LogP contribution in [0.25, 0.3) is 0 Å². The lowest BCUT2D eigenvalue weighted by Crippen LogP contribution is -2.47. The predicted octanol–water partition coefficient (Wildman–Crippen LogP) is 2.50. The second kappa shape index (κ2) is 4.34. The molecular weight excluding hydrogens is 210 g/mol. The Morgan fingerprint density at radius 1 is 1.29 bits per heavy atom. The van der Waals surface area contributed by atoms with Crippen molar-refractivity contribution >= 4 is 0 Å². The van der Waals surface area contributed by atoms with Crippen molar-refractivity contribution in [3.63, 3.8) is 0 Å². The fourth-order valence-corrected chi connectivity index (χ4v) is 3.60. The summed E-state index contributed by atoms with van der Waals surface area (Å²) >= 11 is 0. The first-order valence-electron chi connectivity index (χ1n) is 6.64. The molecule has 1 aliphatic carbocycles. The zero-order valence-corrected chi connectivity index (χ0v) is 10.8. The molecule has 0 radical (unpaired) electrons. The fraction of sp³-hybridized carbons (Fsp3) is 0.600. The third kappa shape index (κ3) is 1.85. The fourth-order valence-electron chi connectivity index (χ4n) is 3.60. The van der Waals surface area contributed by atoms with Crippen LogP contribution in [0.15, 0.2) is 18.2 Å². The van der Waals surface area contributed by atoms with Crippen LogP contribution in [-0.4, -0.2) is 31.6 Å². The van der Waals surface area contributed by atoms with Crippen molar-refractivity contribution in [3.05, 3.63) is 29.3 Å². The second-order valence-corrected chi connectivity index (χ2v) is 5.46. The monoisotopic (exact) mass is 231 g/mol. The molecule has 0 unspecified atom stereocenters. The average Bonchev–Trinajstić information content (AvgIpc) is 2.36. The van der Waals surface area contributed by atoms with Crippen molar-refractivity contribution in [1.82, 2.24) is 4.90 Å². The summed E-state index contributed by atoms with van der Waals surface area (Å²) in [7, 11) is 4.06. The Morgan fingerprint density at radius 2 is 2.18 bits per heavy atom. The van der Waals surface area contributed by atoms with E-state index in [9.17, 15) is 0 Å². The molecule has 1 heterocycles. The molecule has 92 valence electrons. The maximum absolute atomic E-state index is 5.51. The topological polar surface area (TPSA) is 12.5 Å². The maximum Gasteiger partial charge on any atom is 0.122 e. The van der Waals surface area contributed by atoms with Crippen molar-refractivity contribution in [2.45, 2.75) is 31.7 Å². The highest BCUT2D eigenvalue weighted by Crippen LogP contribution is 2.37. The summed E-state index contributed by atoms with van der Waals surface area (Å²) in [6, 6.07) is 7.24. The highest BCUT2D eigenvalue weighted by Gasteiger charge is 2.34. The maximum atomic E-state index is 5.51. The Bertz CT molecular complexity index is 415. The number of likely N-dealkylation sites (tertiary alicyclic amines) is 1. The summed E-state index contributed by atoms with van der Waals surface area (Å²) in [6.45, 7) is 1.26. The first kappa shape index (κ1) is 11.1. The van der Waals surface area contributed by atoms with Crippen LogP contribution < -0.4 is 4.74 Å². The van der Waals surface area contributed by atoms with Gasteiger partial charge < -0.3 is 9.64 Å². The van der Waals surface area contributed by atoms with Crippen molar-refractivity contribution in [1.29, 1.82) is 0 Å². The van der Waals surface area contributed by atoms with Gasteiger partial charge in [-0.1, -0.05) is 12.1 Å². The van der Waals surface area contributed by atoms with Crippen LogP contribution in [0.1, 0.15) is 24.0 Å². The number of hydrogen-bond acceptors (Lipinski definition) is 2. The SMILES string of the molecule is COc1cccc2c1C[C@H]1[C@@H](CCCN1C)C2. The molecule has 17 heavy (non-hydrogen) atoms. The summed E-state index contributed by atoms with van der Waals surface area (Å²) in [5.41, 5.74) is 2.96. The quantitative estimate of drug-likeness (QED) is 0.736. The number of methoxy groups -OCH3 is 1. The van der Waals surface area contributed by atoms with Gasteiger partial charge >= 0.3 is 0 Å². The third-order valence-corrected chi connectivity index (χ3v) is 4.54. The van der Waals surface area contributed by atoms with Gasteiger partial charge in [0.2, 0.25) is 0 Å². The van der Waals surface area contributed by atoms with Gasteiger partial charge in [0.25, 0.3) is 0 Å². The van der Waals surface area contributed by atoms with Crippen LogP contribution in [-0.2, 0) is 12.8 Å². The number of piperidine rings is 1. The molecule has 1 aromatic rings. The number of benzene rings is 1. The van der Waals surface area contributed by atoms with Gasteiger partial charge in [0.1, 0.15) is 5.75 Å². The van der Waals surface area contributed by atoms with Crippen molar-refractivity contribution in [2.24, 2.45) is 5.92 Å². The molecule has 0 amide bonds. The molecule has 2 atom stereocenters. The van der Waals surface area contributed by atoms with E-state index >= 15 is 0 Å². The van der Waals surface area contributed by atoms with Gasteiger partial charge in [-0.2, -0.15) is 0 Å². The number of fused-ring (bicyclic) bond motifs is 2. The Hall–Kier alpha value is -1.02. The van der Waals surface area contributed by atoms with E-state index in [-0.39, 0.29) is 0 Å². The van der Waals surface area contributed by atoms with Crippen LogP contribution in [0.2, 0.25) is 0 Å². The molecule has 1 aromatic carbocycles. The zero-order chi connectivity index (χ0) is 11.8. The lowest BCUT2D eigenvalue weighted by atomic mass is 9.75. The summed E-state index contributed by atoms with van der Waals surface area (Å²) in [5, 5.41) is 0. The zero-order valence-electron chi connectivity index (χ0n) is 10.8. The number of ether oxygens (including phenoxy) is 1. The number of likely N-dealkylation sites (N-methyl/N-ethyl adjacent to an activating group) is 1. The van der Waals surface area contributed by atoms with E-state index in [0.29, 0.717) is 0 Å². The molecule has 1 fully saturated rings. The van der Waals surface area contributed by atoms with E-state index in [2.05, 4.69) is 30.1 Å². The second-order valence-electron chi connectivity index (χ2n) is 5.46. The van der Waals surface area contributed by atoms with Crippen LogP contribution in [0, 0.1) is 5.92 Å². The van der Waals surface area contributed by atoms with Crippen LogP contribution in [0.3, 0.4) is 0 Å². The minimum absolute atomic E-state index is 0.729. The first-order chi connectivity index (χ1) is 8.29. The minimum atomic E-state index is 0.729. The van der Waals surface area contributed by atoms with E-state index in [0.717, 1.165) is 17.7 Å². The van der Waals surface area contributed by atoms with Gasteiger partial charge in [-0.3, -0.25) is 0 Å². The smallest absolute Gasteiger partial charge is 0.122 e. The van der Waals surface area contributed by atoms with Gasteiger partial charge in [-0.15, -0.1) is 0 Å².